The molecular formula is C28H34. The Balaban J connectivity index is 1.90. The summed E-state index contributed by atoms with van der Waals surface area (Å²) >= 11 is 0. The molecule has 0 saturated carbocycles. The van der Waals surface area contributed by atoms with Gasteiger partial charge in [-0.2, -0.15) is 0 Å². The predicted molar refractivity (Wildman–Crippen MR) is 124 cm³/mol. The van der Waals surface area contributed by atoms with E-state index < -0.39 is 0 Å². The first-order valence-corrected chi connectivity index (χ1v) is 10.3. The normalized spacial score (nSPS) is 12.3. The van der Waals surface area contributed by atoms with Crippen molar-refractivity contribution in [2.75, 3.05) is 0 Å². The molecule has 0 aliphatic carbocycles. The molecule has 3 aromatic carbocycles. The molecule has 0 N–H and O–H groups in total. The van der Waals surface area contributed by atoms with Crippen molar-refractivity contribution in [3.05, 3.63) is 82.9 Å². The summed E-state index contributed by atoms with van der Waals surface area (Å²) in [7, 11) is 0. The maximum atomic E-state index is 2.32. The summed E-state index contributed by atoms with van der Waals surface area (Å²) in [6, 6.07) is 22.7. The van der Waals surface area contributed by atoms with Gasteiger partial charge in [-0.3, -0.25) is 0 Å². The van der Waals surface area contributed by atoms with Crippen molar-refractivity contribution >= 4 is 0 Å². The highest BCUT2D eigenvalue weighted by Gasteiger charge is 2.17. The van der Waals surface area contributed by atoms with Gasteiger partial charge in [0.1, 0.15) is 0 Å². The minimum atomic E-state index is 0.184. The van der Waals surface area contributed by atoms with Gasteiger partial charge in [0, 0.05) is 0 Å². The highest BCUT2D eigenvalue weighted by molar-refractivity contribution is 5.71. The van der Waals surface area contributed by atoms with E-state index in [2.05, 4.69) is 116 Å². The molecule has 0 nitrogen and oxygen atoms in total. The third kappa shape index (κ3) is 4.22. The van der Waals surface area contributed by atoms with Gasteiger partial charge < -0.3 is 0 Å². The lowest BCUT2D eigenvalue weighted by Gasteiger charge is -2.22. The molecule has 0 amide bonds. The summed E-state index contributed by atoms with van der Waals surface area (Å²) in [5, 5.41) is 0. The van der Waals surface area contributed by atoms with Crippen molar-refractivity contribution in [3.63, 3.8) is 0 Å². The lowest BCUT2D eigenvalue weighted by Crippen LogP contribution is -2.12. The Kier molecular flexibility index (Phi) is 5.28. The van der Waals surface area contributed by atoms with Crippen molar-refractivity contribution in [2.24, 2.45) is 0 Å². The molecule has 0 aliphatic heterocycles. The first kappa shape index (κ1) is 20.4. The summed E-state index contributed by atoms with van der Waals surface area (Å²) in [5.41, 5.74) is 11.1. The highest BCUT2D eigenvalue weighted by Crippen LogP contribution is 2.32. The number of rotatable bonds is 2. The molecule has 28 heavy (non-hydrogen) atoms. The first-order valence-electron chi connectivity index (χ1n) is 10.3. The molecule has 0 heterocycles. The van der Waals surface area contributed by atoms with E-state index in [0.717, 1.165) is 0 Å². The summed E-state index contributed by atoms with van der Waals surface area (Å²) < 4.78 is 0. The van der Waals surface area contributed by atoms with Crippen LogP contribution in [-0.2, 0) is 10.8 Å². The van der Waals surface area contributed by atoms with Gasteiger partial charge in [0.2, 0.25) is 0 Å². The van der Waals surface area contributed by atoms with Crippen molar-refractivity contribution < 1.29 is 0 Å². The molecular weight excluding hydrogens is 336 g/mol. The maximum absolute atomic E-state index is 2.32. The van der Waals surface area contributed by atoms with E-state index in [-0.39, 0.29) is 10.8 Å². The summed E-state index contributed by atoms with van der Waals surface area (Å²) in [4.78, 5) is 0. The van der Waals surface area contributed by atoms with Crippen LogP contribution < -0.4 is 0 Å². The summed E-state index contributed by atoms with van der Waals surface area (Å²) in [5.74, 6) is 0. The largest absolute Gasteiger partial charge is 0.0576 e. The van der Waals surface area contributed by atoms with Crippen LogP contribution in [0.2, 0.25) is 0 Å². The SMILES string of the molecule is Cc1cc(-c2ccc(-c3ccc(C(C)(C)C)c(C)c3)cc2)ccc1C(C)(C)C. The van der Waals surface area contributed by atoms with Gasteiger partial charge in [-0.05, 0) is 69.2 Å². The molecule has 0 heteroatoms. The fraction of sp³-hybridized carbons (Fsp3) is 0.357. The molecule has 0 atom stereocenters. The third-order valence-corrected chi connectivity index (χ3v) is 5.62. The topological polar surface area (TPSA) is 0 Å². The van der Waals surface area contributed by atoms with Gasteiger partial charge >= 0.3 is 0 Å². The van der Waals surface area contributed by atoms with E-state index >= 15 is 0 Å². The zero-order chi connectivity index (χ0) is 20.7. The smallest absolute Gasteiger partial charge is 0.0129 e. The highest BCUT2D eigenvalue weighted by atomic mass is 14.2. The summed E-state index contributed by atoms with van der Waals surface area (Å²) in [6.07, 6.45) is 0. The van der Waals surface area contributed by atoms with Crippen LogP contribution in [0, 0.1) is 13.8 Å². The first-order chi connectivity index (χ1) is 13.0. The predicted octanol–water partition coefficient (Wildman–Crippen LogP) is 8.23. The van der Waals surface area contributed by atoms with Crippen LogP contribution >= 0.6 is 0 Å². The Hall–Kier alpha value is -2.34. The molecule has 0 aromatic heterocycles. The van der Waals surface area contributed by atoms with E-state index in [0.29, 0.717) is 0 Å². The lowest BCUT2D eigenvalue weighted by molar-refractivity contribution is 0.586. The second-order valence-corrected chi connectivity index (χ2v) is 10.1. The van der Waals surface area contributed by atoms with Crippen LogP contribution in [0.5, 0.6) is 0 Å². The second kappa shape index (κ2) is 7.24. The molecule has 0 fully saturated rings. The van der Waals surface area contributed by atoms with Gasteiger partial charge in [-0.1, -0.05) is 102 Å². The number of hydrogen-bond donors (Lipinski definition) is 0. The Morgan fingerprint density at radius 1 is 0.429 bits per heavy atom. The van der Waals surface area contributed by atoms with Crippen LogP contribution in [0.25, 0.3) is 22.3 Å². The number of aryl methyl sites for hydroxylation is 2. The number of benzene rings is 3. The van der Waals surface area contributed by atoms with Gasteiger partial charge in [-0.25, -0.2) is 0 Å². The van der Waals surface area contributed by atoms with Gasteiger partial charge in [0.25, 0.3) is 0 Å². The average Bonchev–Trinajstić information content (AvgIpc) is 2.59. The van der Waals surface area contributed by atoms with E-state index in [1.165, 1.54) is 44.5 Å². The molecule has 146 valence electrons. The maximum Gasteiger partial charge on any atom is -0.0129 e. The van der Waals surface area contributed by atoms with Gasteiger partial charge in [-0.15, -0.1) is 0 Å². The molecule has 3 aromatic rings. The quantitative estimate of drug-likeness (QED) is 0.426. The van der Waals surface area contributed by atoms with Crippen molar-refractivity contribution in [1.82, 2.24) is 0 Å². The van der Waals surface area contributed by atoms with Crippen molar-refractivity contribution in [3.8, 4) is 22.3 Å². The molecule has 3 rings (SSSR count). The fourth-order valence-electron chi connectivity index (χ4n) is 4.22. The van der Waals surface area contributed by atoms with E-state index in [4.69, 9.17) is 0 Å². The minimum Gasteiger partial charge on any atom is -0.0576 e. The zero-order valence-electron chi connectivity index (χ0n) is 18.8. The van der Waals surface area contributed by atoms with Crippen LogP contribution in [0.15, 0.2) is 60.7 Å². The molecule has 0 spiro atoms. The van der Waals surface area contributed by atoms with E-state index in [1.54, 1.807) is 0 Å². The van der Waals surface area contributed by atoms with Crippen LogP contribution in [0.3, 0.4) is 0 Å². The van der Waals surface area contributed by atoms with Crippen LogP contribution in [-0.4, -0.2) is 0 Å². The average molecular weight is 371 g/mol. The Morgan fingerprint density at radius 3 is 0.964 bits per heavy atom. The Bertz CT molecular complexity index is 892. The monoisotopic (exact) mass is 370 g/mol. The Morgan fingerprint density at radius 2 is 0.714 bits per heavy atom. The third-order valence-electron chi connectivity index (χ3n) is 5.62. The standard InChI is InChI=1S/C28H34/c1-19-17-23(13-15-25(19)27(3,4)5)21-9-11-22(12-10-21)24-14-16-26(20(2)18-24)28(6,7)8/h9-18H,1-8H3. The molecule has 0 radical (unpaired) electrons. The summed E-state index contributed by atoms with van der Waals surface area (Å²) in [6.45, 7) is 18.1. The van der Waals surface area contributed by atoms with E-state index in [1.807, 2.05) is 0 Å². The fourth-order valence-corrected chi connectivity index (χ4v) is 4.22. The lowest BCUT2D eigenvalue weighted by atomic mass is 9.82. The van der Waals surface area contributed by atoms with Crippen LogP contribution in [0.1, 0.15) is 63.8 Å². The van der Waals surface area contributed by atoms with Gasteiger partial charge in [0.05, 0.1) is 0 Å². The van der Waals surface area contributed by atoms with Gasteiger partial charge in [0.15, 0.2) is 0 Å². The zero-order valence-corrected chi connectivity index (χ0v) is 18.8. The molecule has 0 saturated heterocycles. The Labute approximate surface area is 171 Å². The number of hydrogen-bond acceptors (Lipinski definition) is 0. The molecule has 0 bridgehead atoms. The molecule has 0 aliphatic rings. The van der Waals surface area contributed by atoms with Crippen LogP contribution in [0.4, 0.5) is 0 Å². The minimum absolute atomic E-state index is 0.184. The second-order valence-electron chi connectivity index (χ2n) is 10.1. The van der Waals surface area contributed by atoms with E-state index in [9.17, 15) is 0 Å². The van der Waals surface area contributed by atoms with Crippen molar-refractivity contribution in [1.29, 1.82) is 0 Å². The van der Waals surface area contributed by atoms with Crippen molar-refractivity contribution in [2.45, 2.75) is 66.2 Å². The molecule has 0 unspecified atom stereocenters.